The molecule has 0 bridgehead atoms. The number of hydrogen-bond donors (Lipinski definition) is 1. The van der Waals surface area contributed by atoms with E-state index in [4.69, 9.17) is 0 Å². The van der Waals surface area contributed by atoms with Gasteiger partial charge in [-0.15, -0.1) is 0 Å². The van der Waals surface area contributed by atoms with Gasteiger partial charge in [0, 0.05) is 13.1 Å². The lowest BCUT2D eigenvalue weighted by molar-refractivity contribution is 0.750. The fourth-order valence-electron chi connectivity index (χ4n) is 0.805. The number of aliphatic imine (C=N–C) groups is 1. The van der Waals surface area contributed by atoms with Crippen LogP contribution in [0.4, 0.5) is 0 Å². The Bertz CT molecular complexity index is 112. The lowest BCUT2D eigenvalue weighted by atomic mass is 10.3. The summed E-state index contributed by atoms with van der Waals surface area (Å²) in [5.74, 6) is 0. The molecule has 0 fully saturated rings. The van der Waals surface area contributed by atoms with E-state index in [0.29, 0.717) is 0 Å². The van der Waals surface area contributed by atoms with Crippen LogP contribution in [0.3, 0.4) is 0 Å². The third-order valence-electron chi connectivity index (χ3n) is 1.31. The zero-order chi connectivity index (χ0) is 6.53. The standard InChI is InChI=1S/C6H12N2S/c1-9-6-7-4-2-3-5-8-6/h2-5H2,1H3,(H,7,8). The van der Waals surface area contributed by atoms with Gasteiger partial charge in [-0.05, 0) is 19.1 Å². The maximum Gasteiger partial charge on any atom is 0.156 e. The Morgan fingerprint density at radius 2 is 2.44 bits per heavy atom. The normalized spacial score (nSPS) is 19.9. The zero-order valence-electron chi connectivity index (χ0n) is 5.68. The summed E-state index contributed by atoms with van der Waals surface area (Å²) in [6.45, 7) is 2.10. The fourth-order valence-corrected chi connectivity index (χ4v) is 1.27. The third kappa shape index (κ3) is 2.26. The van der Waals surface area contributed by atoms with Gasteiger partial charge in [-0.25, -0.2) is 0 Å². The molecule has 0 radical (unpaired) electrons. The molecule has 0 aromatic carbocycles. The highest BCUT2D eigenvalue weighted by atomic mass is 32.2. The van der Waals surface area contributed by atoms with E-state index in [0.717, 1.165) is 18.3 Å². The Hall–Kier alpha value is -0.180. The van der Waals surface area contributed by atoms with Crippen LogP contribution < -0.4 is 5.32 Å². The highest BCUT2D eigenvalue weighted by Gasteiger charge is 1.98. The van der Waals surface area contributed by atoms with Gasteiger partial charge in [-0.3, -0.25) is 4.99 Å². The minimum Gasteiger partial charge on any atom is -0.365 e. The van der Waals surface area contributed by atoms with Crippen molar-refractivity contribution in [2.24, 2.45) is 4.99 Å². The lowest BCUT2D eigenvalue weighted by Crippen LogP contribution is -2.19. The van der Waals surface area contributed by atoms with Crippen LogP contribution in [0.5, 0.6) is 0 Å². The Balaban J connectivity index is 2.37. The van der Waals surface area contributed by atoms with Gasteiger partial charge in [0.15, 0.2) is 5.17 Å². The van der Waals surface area contributed by atoms with Crippen molar-refractivity contribution < 1.29 is 0 Å². The molecule has 1 aliphatic rings. The van der Waals surface area contributed by atoms with Crippen LogP contribution in [0, 0.1) is 0 Å². The molecule has 0 aliphatic carbocycles. The van der Waals surface area contributed by atoms with Crippen LogP contribution in [-0.2, 0) is 0 Å². The maximum absolute atomic E-state index is 4.31. The van der Waals surface area contributed by atoms with E-state index < -0.39 is 0 Å². The molecule has 0 amide bonds. The SMILES string of the molecule is CSC1=NCCCCN1. The van der Waals surface area contributed by atoms with Gasteiger partial charge >= 0.3 is 0 Å². The van der Waals surface area contributed by atoms with Crippen molar-refractivity contribution >= 4 is 16.9 Å². The van der Waals surface area contributed by atoms with E-state index in [9.17, 15) is 0 Å². The second kappa shape index (κ2) is 3.77. The molecule has 3 heteroatoms. The molecular weight excluding hydrogens is 132 g/mol. The summed E-state index contributed by atoms with van der Waals surface area (Å²) in [5, 5.41) is 4.35. The highest BCUT2D eigenvalue weighted by molar-refractivity contribution is 8.13. The topological polar surface area (TPSA) is 24.4 Å². The van der Waals surface area contributed by atoms with E-state index in [-0.39, 0.29) is 0 Å². The second-order valence-electron chi connectivity index (χ2n) is 2.02. The van der Waals surface area contributed by atoms with Crippen molar-refractivity contribution in [1.82, 2.24) is 5.32 Å². The molecule has 2 nitrogen and oxygen atoms in total. The Morgan fingerprint density at radius 3 is 3.22 bits per heavy atom. The first-order valence-corrected chi connectivity index (χ1v) is 4.48. The van der Waals surface area contributed by atoms with Crippen molar-refractivity contribution in [3.8, 4) is 0 Å². The molecular formula is C6H12N2S. The summed E-state index contributed by atoms with van der Waals surface area (Å²) in [5.41, 5.74) is 0. The minimum atomic E-state index is 1.00. The molecule has 1 rings (SSSR count). The first-order chi connectivity index (χ1) is 4.43. The first kappa shape index (κ1) is 6.93. The minimum absolute atomic E-state index is 1.00. The number of rotatable bonds is 0. The van der Waals surface area contributed by atoms with Gasteiger partial charge in [-0.2, -0.15) is 0 Å². The first-order valence-electron chi connectivity index (χ1n) is 3.26. The molecule has 1 aliphatic heterocycles. The predicted octanol–water partition coefficient (Wildman–Crippen LogP) is 1.09. The van der Waals surface area contributed by atoms with Gasteiger partial charge in [0.2, 0.25) is 0 Å². The van der Waals surface area contributed by atoms with Gasteiger partial charge in [0.25, 0.3) is 0 Å². The molecule has 0 saturated carbocycles. The van der Waals surface area contributed by atoms with Crippen LogP contribution in [0.2, 0.25) is 0 Å². The Kier molecular flexibility index (Phi) is 2.91. The van der Waals surface area contributed by atoms with E-state index in [1.54, 1.807) is 11.8 Å². The average Bonchev–Trinajstić information content (AvgIpc) is 2.13. The molecule has 1 N–H and O–H groups in total. The van der Waals surface area contributed by atoms with Crippen molar-refractivity contribution in [3.05, 3.63) is 0 Å². The van der Waals surface area contributed by atoms with Crippen molar-refractivity contribution in [3.63, 3.8) is 0 Å². The molecule has 1 heterocycles. The molecule has 9 heavy (non-hydrogen) atoms. The Labute approximate surface area is 60.1 Å². The van der Waals surface area contributed by atoms with Gasteiger partial charge in [0.05, 0.1) is 0 Å². The molecule has 0 aromatic heterocycles. The van der Waals surface area contributed by atoms with Gasteiger partial charge < -0.3 is 5.32 Å². The number of nitrogens with one attached hydrogen (secondary N) is 1. The van der Waals surface area contributed by atoms with E-state index in [1.165, 1.54) is 12.8 Å². The number of nitrogens with zero attached hydrogens (tertiary/aromatic N) is 1. The highest BCUT2D eigenvalue weighted by Crippen LogP contribution is 2.00. The fraction of sp³-hybridized carbons (Fsp3) is 0.833. The summed E-state index contributed by atoms with van der Waals surface area (Å²) in [7, 11) is 0. The monoisotopic (exact) mass is 144 g/mol. The summed E-state index contributed by atoms with van der Waals surface area (Å²) < 4.78 is 0. The third-order valence-corrected chi connectivity index (χ3v) is 1.97. The summed E-state index contributed by atoms with van der Waals surface area (Å²) in [4.78, 5) is 4.31. The largest absolute Gasteiger partial charge is 0.365 e. The zero-order valence-corrected chi connectivity index (χ0v) is 6.50. The van der Waals surface area contributed by atoms with Gasteiger partial charge in [-0.1, -0.05) is 11.8 Å². The van der Waals surface area contributed by atoms with E-state index in [2.05, 4.69) is 16.6 Å². The molecule has 0 aromatic rings. The predicted molar refractivity (Wildman–Crippen MR) is 43.1 cm³/mol. The van der Waals surface area contributed by atoms with Crippen molar-refractivity contribution in [2.45, 2.75) is 12.8 Å². The molecule has 0 unspecified atom stereocenters. The molecule has 0 atom stereocenters. The van der Waals surface area contributed by atoms with Crippen molar-refractivity contribution in [2.75, 3.05) is 19.3 Å². The lowest BCUT2D eigenvalue weighted by Gasteiger charge is -2.00. The molecule has 52 valence electrons. The summed E-state index contributed by atoms with van der Waals surface area (Å²) in [6.07, 6.45) is 4.54. The van der Waals surface area contributed by atoms with E-state index in [1.807, 2.05) is 0 Å². The average molecular weight is 144 g/mol. The summed E-state index contributed by atoms with van der Waals surface area (Å²) in [6, 6.07) is 0. The van der Waals surface area contributed by atoms with Crippen LogP contribution >= 0.6 is 11.8 Å². The van der Waals surface area contributed by atoms with Crippen LogP contribution in [0.25, 0.3) is 0 Å². The van der Waals surface area contributed by atoms with Crippen LogP contribution in [0.15, 0.2) is 4.99 Å². The number of amidine groups is 1. The number of thioether (sulfide) groups is 1. The quantitative estimate of drug-likeness (QED) is 0.550. The maximum atomic E-state index is 4.31. The van der Waals surface area contributed by atoms with Crippen molar-refractivity contribution in [1.29, 1.82) is 0 Å². The molecule has 0 spiro atoms. The van der Waals surface area contributed by atoms with Gasteiger partial charge in [0.1, 0.15) is 0 Å². The molecule has 0 saturated heterocycles. The second-order valence-corrected chi connectivity index (χ2v) is 2.82. The van der Waals surface area contributed by atoms with Crippen LogP contribution in [-0.4, -0.2) is 24.5 Å². The van der Waals surface area contributed by atoms with E-state index >= 15 is 0 Å². The van der Waals surface area contributed by atoms with Crippen LogP contribution in [0.1, 0.15) is 12.8 Å². The number of hydrogen-bond acceptors (Lipinski definition) is 3. The summed E-state index contributed by atoms with van der Waals surface area (Å²) >= 11 is 1.70. The Morgan fingerprint density at radius 1 is 1.56 bits per heavy atom. The smallest absolute Gasteiger partial charge is 0.156 e.